The van der Waals surface area contributed by atoms with E-state index in [0.29, 0.717) is 11.7 Å². The number of hydrogen-bond donors (Lipinski definition) is 1. The zero-order valence-corrected chi connectivity index (χ0v) is 11.0. The topological polar surface area (TPSA) is 63.3 Å². The van der Waals surface area contributed by atoms with Crippen LogP contribution in [0.25, 0.3) is 5.78 Å². The van der Waals surface area contributed by atoms with Crippen LogP contribution < -0.4 is 0 Å². The lowest BCUT2D eigenvalue weighted by atomic mass is 10.0. The van der Waals surface area contributed by atoms with E-state index < -0.39 is 0 Å². The predicted molar refractivity (Wildman–Crippen MR) is 69.6 cm³/mol. The van der Waals surface area contributed by atoms with Crippen LogP contribution in [0.1, 0.15) is 57.7 Å². The highest BCUT2D eigenvalue weighted by Gasteiger charge is 2.13. The van der Waals surface area contributed by atoms with E-state index >= 15 is 0 Å². The highest BCUT2D eigenvalue weighted by Crippen LogP contribution is 2.20. The highest BCUT2D eigenvalue weighted by atomic mass is 16.3. The quantitative estimate of drug-likeness (QED) is 0.798. The predicted octanol–water partition coefficient (Wildman–Crippen LogP) is 2.90. The molecular formula is C13H20N4O. The second-order valence-corrected chi connectivity index (χ2v) is 4.74. The van der Waals surface area contributed by atoms with Crippen LogP contribution in [0.15, 0.2) is 12.3 Å². The molecule has 1 unspecified atom stereocenters. The van der Waals surface area contributed by atoms with Gasteiger partial charge in [0.2, 0.25) is 5.88 Å². The maximum Gasteiger partial charge on any atom is 0.255 e. The largest absolute Gasteiger partial charge is 0.493 e. The van der Waals surface area contributed by atoms with E-state index in [9.17, 15) is 5.11 Å². The van der Waals surface area contributed by atoms with Gasteiger partial charge in [-0.15, -0.1) is 5.10 Å². The van der Waals surface area contributed by atoms with Crippen LogP contribution in [-0.2, 0) is 0 Å². The van der Waals surface area contributed by atoms with E-state index in [1.165, 1.54) is 42.5 Å². The van der Waals surface area contributed by atoms with Crippen LogP contribution in [0.3, 0.4) is 0 Å². The highest BCUT2D eigenvalue weighted by molar-refractivity contribution is 5.30. The van der Waals surface area contributed by atoms with Crippen molar-refractivity contribution in [2.24, 2.45) is 0 Å². The van der Waals surface area contributed by atoms with Crippen LogP contribution in [-0.4, -0.2) is 24.7 Å². The van der Waals surface area contributed by atoms with Gasteiger partial charge in [0.1, 0.15) is 0 Å². The van der Waals surface area contributed by atoms with Gasteiger partial charge in [-0.1, -0.05) is 39.5 Å². The molecule has 0 saturated heterocycles. The summed E-state index contributed by atoms with van der Waals surface area (Å²) in [6, 6.07) is 1.51. The Morgan fingerprint density at radius 2 is 2.17 bits per heavy atom. The normalized spacial score (nSPS) is 13.0. The Morgan fingerprint density at radius 3 is 2.89 bits per heavy atom. The Labute approximate surface area is 107 Å². The molecule has 0 aromatic carbocycles. The summed E-state index contributed by atoms with van der Waals surface area (Å²) >= 11 is 0. The molecule has 1 N–H and O–H groups in total. The van der Waals surface area contributed by atoms with Gasteiger partial charge in [-0.2, -0.15) is 9.50 Å². The minimum absolute atomic E-state index is 0.0805. The molecule has 0 aliphatic carbocycles. The number of fused-ring (bicyclic) bond motifs is 1. The van der Waals surface area contributed by atoms with Crippen molar-refractivity contribution in [1.29, 1.82) is 0 Å². The number of aromatic nitrogens is 4. The van der Waals surface area contributed by atoms with Crippen LogP contribution in [0.4, 0.5) is 0 Å². The van der Waals surface area contributed by atoms with Gasteiger partial charge in [0, 0.05) is 18.2 Å². The molecule has 0 bridgehead atoms. The zero-order valence-electron chi connectivity index (χ0n) is 11.0. The molecule has 0 aliphatic rings. The Hall–Kier alpha value is -1.65. The summed E-state index contributed by atoms with van der Waals surface area (Å²) < 4.78 is 1.39. The maximum atomic E-state index is 9.63. The molecule has 0 radical (unpaired) electrons. The lowest BCUT2D eigenvalue weighted by Crippen LogP contribution is -1.97. The molecule has 2 heterocycles. The lowest BCUT2D eigenvalue weighted by molar-refractivity contribution is 0.433. The van der Waals surface area contributed by atoms with Gasteiger partial charge in [0.25, 0.3) is 5.78 Å². The number of unbranched alkanes of at least 4 members (excludes halogenated alkanes) is 3. The Balaban J connectivity index is 2.04. The van der Waals surface area contributed by atoms with Gasteiger partial charge in [-0.25, -0.2) is 4.98 Å². The molecule has 18 heavy (non-hydrogen) atoms. The van der Waals surface area contributed by atoms with Gasteiger partial charge in [0.05, 0.1) is 0 Å². The third-order valence-corrected chi connectivity index (χ3v) is 3.17. The molecule has 0 aliphatic heterocycles. The Kier molecular flexibility index (Phi) is 4.12. The average Bonchev–Trinajstić information content (AvgIpc) is 2.80. The second-order valence-electron chi connectivity index (χ2n) is 4.74. The maximum absolute atomic E-state index is 9.63. The first-order valence-electron chi connectivity index (χ1n) is 6.63. The van der Waals surface area contributed by atoms with Crippen molar-refractivity contribution in [3.63, 3.8) is 0 Å². The van der Waals surface area contributed by atoms with Crippen LogP contribution >= 0.6 is 0 Å². The summed E-state index contributed by atoms with van der Waals surface area (Å²) in [6.07, 6.45) is 7.61. The molecule has 1 atom stereocenters. The zero-order chi connectivity index (χ0) is 13.0. The minimum Gasteiger partial charge on any atom is -0.493 e. The van der Waals surface area contributed by atoms with Crippen LogP contribution in [0.5, 0.6) is 5.88 Å². The summed E-state index contributed by atoms with van der Waals surface area (Å²) in [5.41, 5.74) is 0. The summed E-state index contributed by atoms with van der Waals surface area (Å²) in [5.74, 6) is 1.62. The van der Waals surface area contributed by atoms with Gasteiger partial charge in [0.15, 0.2) is 5.82 Å². The standard InChI is InChI=1S/C13H20N4O/c1-3-4-5-6-7-10(2)12-15-13-14-9-8-11(18)17(13)16-12/h8-10,18H,3-7H2,1-2H3. The molecule has 0 amide bonds. The van der Waals surface area contributed by atoms with E-state index in [2.05, 4.69) is 28.9 Å². The number of hydrogen-bond acceptors (Lipinski definition) is 4. The average molecular weight is 248 g/mol. The van der Waals surface area contributed by atoms with Crippen molar-refractivity contribution in [3.05, 3.63) is 18.1 Å². The SMILES string of the molecule is CCCCCCC(C)c1nc2nccc(O)n2n1. The Bertz CT molecular complexity index is 509. The fourth-order valence-corrected chi connectivity index (χ4v) is 2.01. The van der Waals surface area contributed by atoms with E-state index in [1.807, 2.05) is 0 Å². The van der Waals surface area contributed by atoms with Gasteiger partial charge in [-0.05, 0) is 6.42 Å². The molecule has 5 nitrogen and oxygen atoms in total. The van der Waals surface area contributed by atoms with Crippen molar-refractivity contribution < 1.29 is 5.11 Å². The molecule has 0 saturated carbocycles. The third kappa shape index (κ3) is 2.78. The number of aromatic hydroxyl groups is 1. The van der Waals surface area contributed by atoms with E-state index in [1.54, 1.807) is 0 Å². The molecule has 98 valence electrons. The smallest absolute Gasteiger partial charge is 0.255 e. The van der Waals surface area contributed by atoms with E-state index in [-0.39, 0.29) is 5.88 Å². The van der Waals surface area contributed by atoms with E-state index in [4.69, 9.17) is 0 Å². The first-order chi connectivity index (χ1) is 8.72. The van der Waals surface area contributed by atoms with Crippen molar-refractivity contribution in [2.45, 2.75) is 51.9 Å². The van der Waals surface area contributed by atoms with Crippen LogP contribution in [0, 0.1) is 0 Å². The first kappa shape index (κ1) is 12.8. The van der Waals surface area contributed by atoms with Gasteiger partial charge in [-0.3, -0.25) is 0 Å². The second kappa shape index (κ2) is 5.80. The molecule has 0 fully saturated rings. The summed E-state index contributed by atoms with van der Waals surface area (Å²) in [6.45, 7) is 4.33. The van der Waals surface area contributed by atoms with Crippen molar-refractivity contribution >= 4 is 5.78 Å². The number of rotatable bonds is 6. The van der Waals surface area contributed by atoms with Crippen molar-refractivity contribution in [2.75, 3.05) is 0 Å². The minimum atomic E-state index is 0.0805. The van der Waals surface area contributed by atoms with E-state index in [0.717, 1.165) is 12.2 Å². The molecule has 5 heteroatoms. The molecular weight excluding hydrogens is 228 g/mol. The summed E-state index contributed by atoms with van der Waals surface area (Å²) in [4.78, 5) is 8.44. The van der Waals surface area contributed by atoms with Crippen molar-refractivity contribution in [1.82, 2.24) is 19.6 Å². The molecule has 2 rings (SSSR count). The van der Waals surface area contributed by atoms with Crippen molar-refractivity contribution in [3.8, 4) is 5.88 Å². The summed E-state index contributed by atoms with van der Waals surface area (Å²) in [7, 11) is 0. The lowest BCUT2D eigenvalue weighted by Gasteiger charge is -2.05. The van der Waals surface area contributed by atoms with Gasteiger partial charge < -0.3 is 5.11 Å². The molecule has 2 aromatic heterocycles. The Morgan fingerprint density at radius 1 is 1.33 bits per heavy atom. The molecule has 2 aromatic rings. The number of nitrogens with zero attached hydrogens (tertiary/aromatic N) is 4. The molecule has 0 spiro atoms. The monoisotopic (exact) mass is 248 g/mol. The fourth-order valence-electron chi connectivity index (χ4n) is 2.01. The third-order valence-electron chi connectivity index (χ3n) is 3.17. The summed E-state index contributed by atoms with van der Waals surface area (Å²) in [5, 5.41) is 13.9. The van der Waals surface area contributed by atoms with Gasteiger partial charge >= 0.3 is 0 Å². The van der Waals surface area contributed by atoms with Crippen LogP contribution in [0.2, 0.25) is 0 Å². The first-order valence-corrected chi connectivity index (χ1v) is 6.63. The fraction of sp³-hybridized carbons (Fsp3) is 0.615.